The molecule has 6 nitrogen and oxygen atoms in total. The molecule has 0 spiro atoms. The van der Waals surface area contributed by atoms with E-state index in [9.17, 15) is 0 Å². The van der Waals surface area contributed by atoms with E-state index in [1.54, 1.807) is 0 Å². The maximum atomic E-state index is 4.96. The number of nitrogens with zero attached hydrogens (tertiary/aromatic N) is 6. The van der Waals surface area contributed by atoms with Crippen molar-refractivity contribution in [1.82, 2.24) is 19.8 Å². The highest BCUT2D eigenvalue weighted by Gasteiger charge is 2.21. The molecule has 0 bridgehead atoms. The number of benzene rings is 1. The van der Waals surface area contributed by atoms with Crippen molar-refractivity contribution in [2.24, 2.45) is 0 Å². The highest BCUT2D eigenvalue weighted by atomic mass is 15.3. The Morgan fingerprint density at radius 1 is 0.692 bits per heavy atom. The lowest BCUT2D eigenvalue weighted by molar-refractivity contribution is 0.309. The molecule has 2 aliphatic rings. The van der Waals surface area contributed by atoms with Crippen LogP contribution >= 0.6 is 0 Å². The number of likely N-dealkylation sites (N-methyl/N-ethyl adjacent to an activating group) is 2. The summed E-state index contributed by atoms with van der Waals surface area (Å²) in [6, 6.07) is 12.6. The Balaban J connectivity index is 1.67. The lowest BCUT2D eigenvalue weighted by Gasteiger charge is -2.35. The average molecular weight is 352 g/mol. The first-order valence-electron chi connectivity index (χ1n) is 9.50. The summed E-state index contributed by atoms with van der Waals surface area (Å²) in [6.07, 6.45) is 0. The van der Waals surface area contributed by atoms with Crippen LogP contribution < -0.4 is 9.80 Å². The lowest BCUT2D eigenvalue weighted by Crippen LogP contribution is -2.46. The molecule has 2 saturated heterocycles. The molecule has 26 heavy (non-hydrogen) atoms. The Morgan fingerprint density at radius 2 is 1.27 bits per heavy atom. The molecule has 0 unspecified atom stereocenters. The monoisotopic (exact) mass is 352 g/mol. The number of anilines is 2. The molecule has 1 aromatic heterocycles. The molecular weight excluding hydrogens is 324 g/mol. The minimum absolute atomic E-state index is 0.869. The molecule has 2 fully saturated rings. The van der Waals surface area contributed by atoms with Gasteiger partial charge in [-0.1, -0.05) is 30.3 Å². The fourth-order valence-electron chi connectivity index (χ4n) is 3.52. The van der Waals surface area contributed by atoms with E-state index in [0.29, 0.717) is 0 Å². The third kappa shape index (κ3) is 3.81. The van der Waals surface area contributed by atoms with Crippen LogP contribution in [-0.4, -0.2) is 86.2 Å². The Hall–Kier alpha value is -2.18. The zero-order chi connectivity index (χ0) is 17.9. The van der Waals surface area contributed by atoms with E-state index in [1.807, 2.05) is 6.07 Å². The summed E-state index contributed by atoms with van der Waals surface area (Å²) in [4.78, 5) is 19.3. The number of rotatable bonds is 3. The van der Waals surface area contributed by atoms with Crippen molar-refractivity contribution in [3.63, 3.8) is 0 Å². The highest BCUT2D eigenvalue weighted by Crippen LogP contribution is 2.26. The van der Waals surface area contributed by atoms with Crippen LogP contribution in [0, 0.1) is 0 Å². The van der Waals surface area contributed by atoms with Gasteiger partial charge >= 0.3 is 0 Å². The molecular formula is C20H28N6. The highest BCUT2D eigenvalue weighted by molar-refractivity contribution is 5.65. The summed E-state index contributed by atoms with van der Waals surface area (Å²) in [6.45, 7) is 8.27. The summed E-state index contributed by atoms with van der Waals surface area (Å²) in [5.74, 6) is 1.93. The molecule has 4 rings (SSSR count). The van der Waals surface area contributed by atoms with Crippen LogP contribution in [0.25, 0.3) is 11.3 Å². The molecule has 0 aliphatic carbocycles. The molecule has 0 radical (unpaired) electrons. The molecule has 3 heterocycles. The zero-order valence-electron chi connectivity index (χ0n) is 15.8. The van der Waals surface area contributed by atoms with Crippen LogP contribution in [0.15, 0.2) is 36.4 Å². The van der Waals surface area contributed by atoms with Gasteiger partial charge in [0.25, 0.3) is 0 Å². The van der Waals surface area contributed by atoms with Crippen molar-refractivity contribution in [2.45, 2.75) is 0 Å². The maximum Gasteiger partial charge on any atom is 0.227 e. The molecule has 138 valence electrons. The van der Waals surface area contributed by atoms with E-state index >= 15 is 0 Å². The smallest absolute Gasteiger partial charge is 0.227 e. The van der Waals surface area contributed by atoms with Crippen molar-refractivity contribution >= 4 is 11.8 Å². The summed E-state index contributed by atoms with van der Waals surface area (Å²) >= 11 is 0. The number of piperazine rings is 2. The van der Waals surface area contributed by atoms with Crippen LogP contribution in [0.1, 0.15) is 0 Å². The van der Waals surface area contributed by atoms with Gasteiger partial charge in [-0.2, -0.15) is 4.98 Å². The fourth-order valence-corrected chi connectivity index (χ4v) is 3.52. The van der Waals surface area contributed by atoms with E-state index in [-0.39, 0.29) is 0 Å². The third-order valence-corrected chi connectivity index (χ3v) is 5.38. The van der Waals surface area contributed by atoms with Gasteiger partial charge in [0, 0.05) is 64.0 Å². The van der Waals surface area contributed by atoms with Gasteiger partial charge in [-0.05, 0) is 14.1 Å². The Labute approximate surface area is 156 Å². The number of hydrogen-bond acceptors (Lipinski definition) is 6. The van der Waals surface area contributed by atoms with Crippen LogP contribution in [0.5, 0.6) is 0 Å². The first-order chi connectivity index (χ1) is 12.7. The predicted molar refractivity (Wildman–Crippen MR) is 107 cm³/mol. The van der Waals surface area contributed by atoms with E-state index in [0.717, 1.165) is 75.4 Å². The number of aromatic nitrogens is 2. The Morgan fingerprint density at radius 3 is 1.88 bits per heavy atom. The van der Waals surface area contributed by atoms with Crippen molar-refractivity contribution in [1.29, 1.82) is 0 Å². The topological polar surface area (TPSA) is 38.7 Å². The van der Waals surface area contributed by atoms with Gasteiger partial charge < -0.3 is 19.6 Å². The predicted octanol–water partition coefficient (Wildman–Crippen LogP) is 1.65. The second kappa shape index (κ2) is 7.60. The van der Waals surface area contributed by atoms with Gasteiger partial charge in [-0.25, -0.2) is 4.98 Å². The van der Waals surface area contributed by atoms with E-state index in [2.05, 4.69) is 64.0 Å². The Bertz CT molecular complexity index is 678. The first kappa shape index (κ1) is 17.2. The summed E-state index contributed by atoms with van der Waals surface area (Å²) in [5.41, 5.74) is 2.17. The van der Waals surface area contributed by atoms with Crippen molar-refractivity contribution in [3.05, 3.63) is 36.4 Å². The Kier molecular flexibility index (Phi) is 5.04. The summed E-state index contributed by atoms with van der Waals surface area (Å²) < 4.78 is 0. The molecule has 1 aromatic carbocycles. The largest absolute Gasteiger partial charge is 0.354 e. The molecule has 2 aromatic rings. The maximum absolute atomic E-state index is 4.96. The second-order valence-corrected chi connectivity index (χ2v) is 7.36. The standard InChI is InChI=1S/C20H28N6/c1-23-8-12-25(13-9-23)19-16-18(17-6-4-3-5-7-17)21-20(22-19)26-14-10-24(2)11-15-26/h3-7,16H,8-15H2,1-2H3. The first-order valence-corrected chi connectivity index (χ1v) is 9.50. The van der Waals surface area contributed by atoms with Crippen LogP contribution in [-0.2, 0) is 0 Å². The third-order valence-electron chi connectivity index (χ3n) is 5.38. The molecule has 0 N–H and O–H groups in total. The summed E-state index contributed by atoms with van der Waals surface area (Å²) in [5, 5.41) is 0. The van der Waals surface area contributed by atoms with E-state index < -0.39 is 0 Å². The van der Waals surface area contributed by atoms with Gasteiger partial charge in [-0.15, -0.1) is 0 Å². The normalized spacial score (nSPS) is 19.8. The van der Waals surface area contributed by atoms with Crippen molar-refractivity contribution in [2.75, 3.05) is 76.3 Å². The van der Waals surface area contributed by atoms with Gasteiger partial charge in [0.1, 0.15) is 5.82 Å². The molecule has 0 atom stereocenters. The van der Waals surface area contributed by atoms with Gasteiger partial charge in [0.2, 0.25) is 5.95 Å². The van der Waals surface area contributed by atoms with Crippen molar-refractivity contribution in [3.8, 4) is 11.3 Å². The van der Waals surface area contributed by atoms with E-state index in [1.165, 1.54) is 0 Å². The van der Waals surface area contributed by atoms with Crippen LogP contribution in [0.4, 0.5) is 11.8 Å². The average Bonchev–Trinajstić information content (AvgIpc) is 2.69. The summed E-state index contributed by atoms with van der Waals surface area (Å²) in [7, 11) is 4.36. The van der Waals surface area contributed by atoms with Crippen LogP contribution in [0.2, 0.25) is 0 Å². The van der Waals surface area contributed by atoms with Gasteiger partial charge in [0.15, 0.2) is 0 Å². The molecule has 6 heteroatoms. The quantitative estimate of drug-likeness (QED) is 0.836. The fraction of sp³-hybridized carbons (Fsp3) is 0.500. The van der Waals surface area contributed by atoms with Crippen molar-refractivity contribution < 1.29 is 0 Å². The lowest BCUT2D eigenvalue weighted by atomic mass is 10.1. The molecule has 0 saturated carbocycles. The van der Waals surface area contributed by atoms with Crippen LogP contribution in [0.3, 0.4) is 0 Å². The molecule has 0 amide bonds. The van der Waals surface area contributed by atoms with Gasteiger partial charge in [0.05, 0.1) is 5.69 Å². The zero-order valence-corrected chi connectivity index (χ0v) is 15.8. The van der Waals surface area contributed by atoms with E-state index in [4.69, 9.17) is 9.97 Å². The minimum atomic E-state index is 0.869. The van der Waals surface area contributed by atoms with Gasteiger partial charge in [-0.3, -0.25) is 0 Å². The second-order valence-electron chi connectivity index (χ2n) is 7.36. The minimum Gasteiger partial charge on any atom is -0.354 e. The SMILES string of the molecule is CN1CCN(c2cc(-c3ccccc3)nc(N3CCN(C)CC3)n2)CC1. The molecule has 2 aliphatic heterocycles. The number of hydrogen-bond donors (Lipinski definition) is 0.